The summed E-state index contributed by atoms with van der Waals surface area (Å²) in [6, 6.07) is 2.00. The van der Waals surface area contributed by atoms with Gasteiger partial charge in [0.05, 0.1) is 0 Å². The molecule has 1 aromatic rings. The number of nitrogens with one attached hydrogen (secondary N) is 1. The lowest BCUT2D eigenvalue weighted by Gasteiger charge is -2.31. The van der Waals surface area contributed by atoms with Gasteiger partial charge in [-0.3, -0.25) is 0 Å². The van der Waals surface area contributed by atoms with Gasteiger partial charge in [0.25, 0.3) is 0 Å². The minimum absolute atomic E-state index is 0.0419. The first-order valence-corrected chi connectivity index (χ1v) is 6.11. The Labute approximate surface area is 104 Å². The van der Waals surface area contributed by atoms with Crippen LogP contribution in [0.25, 0.3) is 0 Å². The van der Waals surface area contributed by atoms with Crippen LogP contribution in [0.5, 0.6) is 0 Å². The first kappa shape index (κ1) is 13.9. The highest BCUT2D eigenvalue weighted by Gasteiger charge is 2.23. The molecule has 0 fully saturated rings. The number of hydrogen-bond acceptors (Lipinski definition) is 4. The number of nitrogens with two attached hydrogens (primary N) is 1. The van der Waals surface area contributed by atoms with Gasteiger partial charge in [-0.15, -0.1) is 0 Å². The molecule has 0 saturated heterocycles. The average molecular weight is 236 g/mol. The Kier molecular flexibility index (Phi) is 4.09. The SMILES string of the molecule is Cc1cc(NC(C)(C)C(C)N)nc(C(C)C)n1. The molecule has 0 radical (unpaired) electrons. The number of rotatable bonds is 4. The van der Waals surface area contributed by atoms with Crippen molar-refractivity contribution in [1.82, 2.24) is 9.97 Å². The van der Waals surface area contributed by atoms with Crippen LogP contribution in [0.2, 0.25) is 0 Å². The molecule has 17 heavy (non-hydrogen) atoms. The summed E-state index contributed by atoms with van der Waals surface area (Å²) < 4.78 is 0. The molecular weight excluding hydrogens is 212 g/mol. The Morgan fingerprint density at radius 2 is 1.82 bits per heavy atom. The maximum Gasteiger partial charge on any atom is 0.133 e. The highest BCUT2D eigenvalue weighted by molar-refractivity contribution is 5.39. The molecule has 1 aromatic heterocycles. The van der Waals surface area contributed by atoms with Gasteiger partial charge in [-0.2, -0.15) is 0 Å². The van der Waals surface area contributed by atoms with Gasteiger partial charge in [-0.25, -0.2) is 9.97 Å². The van der Waals surface area contributed by atoms with Crippen molar-refractivity contribution in [3.05, 3.63) is 17.6 Å². The summed E-state index contributed by atoms with van der Waals surface area (Å²) in [5.41, 5.74) is 6.74. The van der Waals surface area contributed by atoms with E-state index in [2.05, 4.69) is 43.0 Å². The van der Waals surface area contributed by atoms with Crippen LogP contribution in [0.15, 0.2) is 6.07 Å². The average Bonchev–Trinajstić information content (AvgIpc) is 2.15. The largest absolute Gasteiger partial charge is 0.364 e. The van der Waals surface area contributed by atoms with Gasteiger partial charge in [0.1, 0.15) is 11.6 Å². The number of nitrogens with zero attached hydrogens (tertiary/aromatic N) is 2. The first-order chi connectivity index (χ1) is 7.72. The van der Waals surface area contributed by atoms with Crippen LogP contribution in [-0.2, 0) is 0 Å². The van der Waals surface area contributed by atoms with E-state index in [0.29, 0.717) is 5.92 Å². The molecule has 0 aromatic carbocycles. The third kappa shape index (κ3) is 3.66. The second-order valence-corrected chi connectivity index (χ2v) is 5.54. The smallest absolute Gasteiger partial charge is 0.133 e. The van der Waals surface area contributed by atoms with E-state index in [4.69, 9.17) is 5.73 Å². The van der Waals surface area contributed by atoms with Gasteiger partial charge >= 0.3 is 0 Å². The Morgan fingerprint density at radius 1 is 1.24 bits per heavy atom. The standard InChI is InChI=1S/C13H24N4/c1-8(2)12-15-9(3)7-11(16-12)17-13(5,6)10(4)14/h7-8,10H,14H2,1-6H3,(H,15,16,17). The second-order valence-electron chi connectivity index (χ2n) is 5.54. The topological polar surface area (TPSA) is 63.8 Å². The Bertz CT molecular complexity index is 383. The molecule has 1 unspecified atom stereocenters. The molecule has 0 bridgehead atoms. The Hall–Kier alpha value is -1.16. The summed E-state index contributed by atoms with van der Waals surface area (Å²) in [6.07, 6.45) is 0. The molecule has 0 spiro atoms. The lowest BCUT2D eigenvalue weighted by molar-refractivity contribution is 0.468. The Morgan fingerprint density at radius 3 is 2.29 bits per heavy atom. The van der Waals surface area contributed by atoms with Gasteiger partial charge in [-0.05, 0) is 27.7 Å². The predicted octanol–water partition coefficient (Wildman–Crippen LogP) is 2.45. The van der Waals surface area contributed by atoms with Crippen molar-refractivity contribution in [3.8, 4) is 0 Å². The van der Waals surface area contributed by atoms with Crippen molar-refractivity contribution < 1.29 is 0 Å². The van der Waals surface area contributed by atoms with Crippen molar-refractivity contribution >= 4 is 5.82 Å². The normalized spacial score (nSPS) is 13.9. The maximum absolute atomic E-state index is 5.95. The first-order valence-electron chi connectivity index (χ1n) is 6.11. The number of aromatic nitrogens is 2. The molecule has 1 rings (SSSR count). The summed E-state index contributed by atoms with van der Waals surface area (Å²) in [4.78, 5) is 8.95. The van der Waals surface area contributed by atoms with Crippen molar-refractivity contribution in [2.24, 2.45) is 5.73 Å². The second kappa shape index (κ2) is 5.00. The lowest BCUT2D eigenvalue weighted by Crippen LogP contribution is -2.47. The van der Waals surface area contributed by atoms with E-state index in [1.54, 1.807) is 0 Å². The minimum Gasteiger partial charge on any atom is -0.364 e. The van der Waals surface area contributed by atoms with E-state index in [0.717, 1.165) is 17.3 Å². The molecule has 0 saturated carbocycles. The molecule has 1 heterocycles. The maximum atomic E-state index is 5.95. The fourth-order valence-corrected chi connectivity index (χ4v) is 1.36. The van der Waals surface area contributed by atoms with Crippen molar-refractivity contribution in [3.63, 3.8) is 0 Å². The van der Waals surface area contributed by atoms with E-state index in [-0.39, 0.29) is 11.6 Å². The molecule has 4 nitrogen and oxygen atoms in total. The van der Waals surface area contributed by atoms with Gasteiger partial charge < -0.3 is 11.1 Å². The number of aryl methyl sites for hydroxylation is 1. The molecule has 0 aliphatic heterocycles. The monoisotopic (exact) mass is 236 g/mol. The summed E-state index contributed by atoms with van der Waals surface area (Å²) in [7, 11) is 0. The highest BCUT2D eigenvalue weighted by Crippen LogP contribution is 2.18. The number of hydrogen-bond donors (Lipinski definition) is 2. The van der Waals surface area contributed by atoms with Crippen LogP contribution in [0.4, 0.5) is 5.82 Å². The van der Waals surface area contributed by atoms with Gasteiger partial charge in [0.2, 0.25) is 0 Å². The third-order valence-corrected chi connectivity index (χ3v) is 2.98. The van der Waals surface area contributed by atoms with E-state index < -0.39 is 0 Å². The van der Waals surface area contributed by atoms with E-state index in [1.807, 2.05) is 19.9 Å². The van der Waals surface area contributed by atoms with Crippen molar-refractivity contribution in [2.75, 3.05) is 5.32 Å². The molecule has 0 aliphatic rings. The van der Waals surface area contributed by atoms with Crippen LogP contribution in [0.3, 0.4) is 0 Å². The summed E-state index contributed by atoms with van der Waals surface area (Å²) in [5.74, 6) is 2.05. The van der Waals surface area contributed by atoms with E-state index in [1.165, 1.54) is 0 Å². The highest BCUT2D eigenvalue weighted by atomic mass is 15.1. The molecule has 3 N–H and O–H groups in total. The van der Waals surface area contributed by atoms with Gasteiger partial charge in [0, 0.05) is 29.3 Å². The fraction of sp³-hybridized carbons (Fsp3) is 0.692. The van der Waals surface area contributed by atoms with Crippen LogP contribution < -0.4 is 11.1 Å². The van der Waals surface area contributed by atoms with E-state index >= 15 is 0 Å². The van der Waals surface area contributed by atoms with Crippen LogP contribution >= 0.6 is 0 Å². The van der Waals surface area contributed by atoms with Gasteiger partial charge in [-0.1, -0.05) is 13.8 Å². The molecule has 96 valence electrons. The van der Waals surface area contributed by atoms with Crippen LogP contribution in [0, 0.1) is 6.92 Å². The fourth-order valence-electron chi connectivity index (χ4n) is 1.36. The van der Waals surface area contributed by atoms with Crippen molar-refractivity contribution in [1.29, 1.82) is 0 Å². The quantitative estimate of drug-likeness (QED) is 0.843. The molecule has 0 amide bonds. The molecular formula is C13H24N4. The third-order valence-electron chi connectivity index (χ3n) is 2.98. The van der Waals surface area contributed by atoms with Crippen LogP contribution in [0.1, 0.15) is 52.1 Å². The zero-order valence-corrected chi connectivity index (χ0v) is 11.7. The predicted molar refractivity (Wildman–Crippen MR) is 72.2 cm³/mol. The lowest BCUT2D eigenvalue weighted by atomic mass is 9.97. The van der Waals surface area contributed by atoms with Gasteiger partial charge in [0.15, 0.2) is 0 Å². The zero-order valence-electron chi connectivity index (χ0n) is 11.7. The van der Waals surface area contributed by atoms with E-state index in [9.17, 15) is 0 Å². The number of anilines is 1. The minimum atomic E-state index is -0.185. The summed E-state index contributed by atoms with van der Waals surface area (Å²) in [6.45, 7) is 12.3. The summed E-state index contributed by atoms with van der Waals surface area (Å²) >= 11 is 0. The Balaban J connectivity index is 2.99. The molecule has 0 aliphatic carbocycles. The zero-order chi connectivity index (χ0) is 13.2. The molecule has 4 heteroatoms. The summed E-state index contributed by atoms with van der Waals surface area (Å²) in [5, 5.41) is 3.38. The molecule has 1 atom stereocenters. The van der Waals surface area contributed by atoms with Crippen LogP contribution in [-0.4, -0.2) is 21.5 Å². The van der Waals surface area contributed by atoms with Crippen molar-refractivity contribution in [2.45, 2.75) is 59.0 Å².